The Labute approximate surface area is 127 Å². The molecule has 1 rings (SSSR count). The number of sulfonamides is 1. The van der Waals surface area contributed by atoms with Crippen LogP contribution in [0.5, 0.6) is 0 Å². The highest BCUT2D eigenvalue weighted by Gasteiger charge is 2.37. The van der Waals surface area contributed by atoms with Gasteiger partial charge >= 0.3 is 0 Å². The van der Waals surface area contributed by atoms with E-state index in [2.05, 4.69) is 5.32 Å². The molecule has 0 saturated carbocycles. The molecule has 8 heteroatoms. The minimum absolute atomic E-state index is 0. The molecule has 0 spiro atoms. The van der Waals surface area contributed by atoms with Gasteiger partial charge in [-0.15, -0.1) is 12.4 Å². The molecule has 20 heavy (non-hydrogen) atoms. The van der Waals surface area contributed by atoms with Crippen molar-refractivity contribution in [2.75, 3.05) is 25.4 Å². The summed E-state index contributed by atoms with van der Waals surface area (Å²) in [4.78, 5) is 12.0. The average molecular weight is 328 g/mol. The Bertz CT molecular complexity index is 389. The predicted molar refractivity (Wildman–Crippen MR) is 82.4 cm³/mol. The molecule has 0 aromatic carbocycles. The van der Waals surface area contributed by atoms with E-state index in [1.165, 1.54) is 4.31 Å². The Balaban J connectivity index is 0.00000361. The summed E-state index contributed by atoms with van der Waals surface area (Å²) in [5, 5.41) is 2.80. The second-order valence-electron chi connectivity index (χ2n) is 4.87. The largest absolute Gasteiger partial charge is 0.355 e. The molecule has 0 aliphatic carbocycles. The minimum Gasteiger partial charge on any atom is -0.355 e. The third-order valence-electron chi connectivity index (χ3n) is 3.26. The van der Waals surface area contributed by atoms with E-state index in [0.717, 1.165) is 19.3 Å². The summed E-state index contributed by atoms with van der Waals surface area (Å²) in [6.07, 6.45) is 3.64. The lowest BCUT2D eigenvalue weighted by atomic mass is 10.2. The Morgan fingerprint density at radius 2 is 2.10 bits per heavy atom. The molecule has 1 heterocycles. The van der Waals surface area contributed by atoms with Crippen LogP contribution in [0, 0.1) is 0 Å². The third-order valence-corrected chi connectivity index (χ3v) is 5.33. The first-order valence-corrected chi connectivity index (χ1v) is 8.61. The minimum atomic E-state index is -3.29. The van der Waals surface area contributed by atoms with Crippen molar-refractivity contribution in [1.29, 1.82) is 0 Å². The summed E-state index contributed by atoms with van der Waals surface area (Å²) in [7, 11) is -3.29. The summed E-state index contributed by atoms with van der Waals surface area (Å²) in [6.45, 7) is 3.46. The van der Waals surface area contributed by atoms with Gasteiger partial charge in [0.1, 0.15) is 6.04 Å². The van der Waals surface area contributed by atoms with Crippen molar-refractivity contribution in [2.24, 2.45) is 5.73 Å². The third kappa shape index (κ3) is 5.55. The van der Waals surface area contributed by atoms with Crippen LogP contribution in [0.1, 0.15) is 39.0 Å². The predicted octanol–water partition coefficient (Wildman–Crippen LogP) is 0.468. The van der Waals surface area contributed by atoms with Crippen LogP contribution in [0.4, 0.5) is 0 Å². The number of amides is 1. The molecule has 3 N–H and O–H groups in total. The number of halogens is 1. The van der Waals surface area contributed by atoms with Crippen LogP contribution in [0.3, 0.4) is 0 Å². The van der Waals surface area contributed by atoms with Gasteiger partial charge in [0.25, 0.3) is 0 Å². The molecule has 1 aliphatic rings. The lowest BCUT2D eigenvalue weighted by molar-refractivity contribution is -0.124. The molecule has 1 amide bonds. The molecular formula is C12H26ClN3O3S. The number of carbonyl (C=O) groups excluding carboxylic acids is 1. The van der Waals surface area contributed by atoms with Crippen molar-refractivity contribution in [3.05, 3.63) is 0 Å². The van der Waals surface area contributed by atoms with E-state index in [9.17, 15) is 13.2 Å². The number of unbranched alkanes of at least 4 members (excludes halogenated alkanes) is 1. The first-order chi connectivity index (χ1) is 9.03. The molecule has 0 bridgehead atoms. The molecule has 1 saturated heterocycles. The van der Waals surface area contributed by atoms with E-state index >= 15 is 0 Å². The highest BCUT2D eigenvalue weighted by Crippen LogP contribution is 2.21. The normalized spacial score (nSPS) is 19.6. The van der Waals surface area contributed by atoms with Gasteiger partial charge in [0.2, 0.25) is 15.9 Å². The Morgan fingerprint density at radius 1 is 1.40 bits per heavy atom. The van der Waals surface area contributed by atoms with E-state index in [4.69, 9.17) is 5.73 Å². The Morgan fingerprint density at radius 3 is 2.70 bits per heavy atom. The highest BCUT2D eigenvalue weighted by atomic mass is 35.5. The average Bonchev–Trinajstić information content (AvgIpc) is 2.84. The van der Waals surface area contributed by atoms with Crippen LogP contribution in [0.15, 0.2) is 0 Å². The quantitative estimate of drug-likeness (QED) is 0.634. The van der Waals surface area contributed by atoms with E-state index in [-0.39, 0.29) is 24.1 Å². The fraction of sp³-hybridized carbons (Fsp3) is 0.917. The standard InChI is InChI=1S/C12H25N3O3S.ClH/c1-2-10-19(17,18)15-9-5-6-11(15)12(16)14-8-4-3-7-13;/h11H,2-10,13H2,1H3,(H,14,16);1H. The van der Waals surface area contributed by atoms with Gasteiger partial charge in [0, 0.05) is 13.1 Å². The van der Waals surface area contributed by atoms with Crippen LogP contribution in [-0.2, 0) is 14.8 Å². The number of carbonyl (C=O) groups is 1. The molecule has 6 nitrogen and oxygen atoms in total. The lowest BCUT2D eigenvalue weighted by Crippen LogP contribution is -2.46. The van der Waals surface area contributed by atoms with E-state index in [1.54, 1.807) is 0 Å². The van der Waals surface area contributed by atoms with Crippen molar-refractivity contribution in [3.63, 3.8) is 0 Å². The molecule has 1 fully saturated rings. The van der Waals surface area contributed by atoms with Crippen molar-refractivity contribution in [2.45, 2.75) is 45.1 Å². The number of hydrogen-bond donors (Lipinski definition) is 2. The molecule has 1 aliphatic heterocycles. The van der Waals surface area contributed by atoms with Crippen molar-refractivity contribution in [3.8, 4) is 0 Å². The molecular weight excluding hydrogens is 302 g/mol. The zero-order valence-corrected chi connectivity index (χ0v) is 13.6. The van der Waals surface area contributed by atoms with Gasteiger partial charge in [-0.2, -0.15) is 4.31 Å². The molecule has 0 aromatic heterocycles. The first-order valence-electron chi connectivity index (χ1n) is 7.00. The Kier molecular flexibility index (Phi) is 9.37. The molecule has 0 radical (unpaired) electrons. The first kappa shape index (κ1) is 19.6. The van der Waals surface area contributed by atoms with Crippen LogP contribution in [-0.4, -0.2) is 50.1 Å². The fourth-order valence-electron chi connectivity index (χ4n) is 2.31. The zero-order valence-electron chi connectivity index (χ0n) is 12.0. The van der Waals surface area contributed by atoms with Crippen molar-refractivity contribution < 1.29 is 13.2 Å². The van der Waals surface area contributed by atoms with E-state index in [0.29, 0.717) is 32.5 Å². The smallest absolute Gasteiger partial charge is 0.238 e. The maximum atomic E-state index is 12.1. The van der Waals surface area contributed by atoms with Gasteiger partial charge < -0.3 is 11.1 Å². The van der Waals surface area contributed by atoms with Crippen LogP contribution in [0.25, 0.3) is 0 Å². The van der Waals surface area contributed by atoms with Gasteiger partial charge in [-0.25, -0.2) is 8.42 Å². The molecule has 1 unspecified atom stereocenters. The number of nitrogens with one attached hydrogen (secondary N) is 1. The topological polar surface area (TPSA) is 92.5 Å². The van der Waals surface area contributed by atoms with E-state index < -0.39 is 16.1 Å². The fourth-order valence-corrected chi connectivity index (χ4v) is 4.06. The molecule has 1 atom stereocenters. The van der Waals surface area contributed by atoms with Gasteiger partial charge in [-0.3, -0.25) is 4.79 Å². The second kappa shape index (κ2) is 9.55. The summed E-state index contributed by atoms with van der Waals surface area (Å²) in [5.41, 5.74) is 5.38. The van der Waals surface area contributed by atoms with Crippen molar-refractivity contribution in [1.82, 2.24) is 9.62 Å². The lowest BCUT2D eigenvalue weighted by Gasteiger charge is -2.23. The summed E-state index contributed by atoms with van der Waals surface area (Å²) >= 11 is 0. The Hall–Kier alpha value is -0.370. The summed E-state index contributed by atoms with van der Waals surface area (Å²) in [6, 6.07) is -0.519. The number of nitrogens with two attached hydrogens (primary N) is 1. The SMILES string of the molecule is CCCS(=O)(=O)N1CCCC1C(=O)NCCCCN.Cl. The van der Waals surface area contributed by atoms with Crippen LogP contribution < -0.4 is 11.1 Å². The van der Waals surface area contributed by atoms with Gasteiger partial charge in [-0.1, -0.05) is 6.92 Å². The monoisotopic (exact) mass is 327 g/mol. The van der Waals surface area contributed by atoms with Gasteiger partial charge in [0.15, 0.2) is 0 Å². The molecule has 0 aromatic rings. The second-order valence-corrected chi connectivity index (χ2v) is 6.91. The molecule has 120 valence electrons. The number of nitrogens with zero attached hydrogens (tertiary/aromatic N) is 1. The highest BCUT2D eigenvalue weighted by molar-refractivity contribution is 7.89. The van der Waals surface area contributed by atoms with Crippen molar-refractivity contribution >= 4 is 28.3 Å². The zero-order chi connectivity index (χ0) is 14.3. The van der Waals surface area contributed by atoms with E-state index in [1.807, 2.05) is 6.92 Å². The maximum absolute atomic E-state index is 12.1. The van der Waals surface area contributed by atoms with Crippen LogP contribution in [0.2, 0.25) is 0 Å². The number of rotatable bonds is 8. The van der Waals surface area contributed by atoms with Crippen LogP contribution >= 0.6 is 12.4 Å². The van der Waals surface area contributed by atoms with Gasteiger partial charge in [0.05, 0.1) is 5.75 Å². The number of hydrogen-bond acceptors (Lipinski definition) is 4. The summed E-state index contributed by atoms with van der Waals surface area (Å²) in [5.74, 6) is -0.0570. The van der Waals surface area contributed by atoms with Gasteiger partial charge in [-0.05, 0) is 38.6 Å². The summed E-state index contributed by atoms with van der Waals surface area (Å²) < 4.78 is 25.5. The maximum Gasteiger partial charge on any atom is 0.238 e.